The van der Waals surface area contributed by atoms with Gasteiger partial charge in [-0.05, 0) is 31.0 Å². The number of hydrogen-bond acceptors (Lipinski definition) is 2. The number of amides is 1. The molecule has 0 unspecified atom stereocenters. The van der Waals surface area contributed by atoms with E-state index in [1.54, 1.807) is 6.08 Å². The quantitative estimate of drug-likeness (QED) is 0.739. The zero-order valence-electron chi connectivity index (χ0n) is 10.5. The van der Waals surface area contributed by atoms with Crippen molar-refractivity contribution in [2.24, 2.45) is 0 Å². The zero-order chi connectivity index (χ0) is 12.7. The molecule has 0 aliphatic carbocycles. The molecule has 0 bridgehead atoms. The first kappa shape index (κ1) is 13.3. The van der Waals surface area contributed by atoms with E-state index in [4.69, 9.17) is 0 Å². The maximum Gasteiger partial charge on any atom is 0.242 e. The van der Waals surface area contributed by atoms with Crippen LogP contribution in [0.2, 0.25) is 0 Å². The fraction of sp³-hybridized carbons (Fsp3) is 0.357. The van der Waals surface area contributed by atoms with Crippen LogP contribution in [0.5, 0.6) is 0 Å². The van der Waals surface area contributed by atoms with Crippen molar-refractivity contribution in [3.05, 3.63) is 42.5 Å². The van der Waals surface area contributed by atoms with Crippen LogP contribution in [0.1, 0.15) is 19.4 Å². The number of anilines is 1. The van der Waals surface area contributed by atoms with Gasteiger partial charge in [0.2, 0.25) is 5.91 Å². The molecule has 0 radical (unpaired) electrons. The largest absolute Gasteiger partial charge is 0.374 e. The monoisotopic (exact) mass is 232 g/mol. The lowest BCUT2D eigenvalue weighted by atomic mass is 10.1. The first-order chi connectivity index (χ1) is 8.17. The molecule has 0 fully saturated rings. The minimum Gasteiger partial charge on any atom is -0.374 e. The summed E-state index contributed by atoms with van der Waals surface area (Å²) in [7, 11) is 0. The SMILES string of the molecule is C=CCNC(=O)[C@@H](C)Nc1ccc(CC)cc1. The summed E-state index contributed by atoms with van der Waals surface area (Å²) in [5.41, 5.74) is 2.25. The van der Waals surface area contributed by atoms with Crippen molar-refractivity contribution in [3.8, 4) is 0 Å². The second-order valence-corrected chi connectivity index (χ2v) is 3.95. The summed E-state index contributed by atoms with van der Waals surface area (Å²) in [6, 6.07) is 7.88. The molecule has 0 saturated heterocycles. The van der Waals surface area contributed by atoms with E-state index in [1.807, 2.05) is 19.1 Å². The van der Waals surface area contributed by atoms with Crippen LogP contribution in [-0.4, -0.2) is 18.5 Å². The lowest BCUT2D eigenvalue weighted by Gasteiger charge is -2.14. The Balaban J connectivity index is 2.51. The summed E-state index contributed by atoms with van der Waals surface area (Å²) in [5.74, 6) is -0.0236. The van der Waals surface area contributed by atoms with Gasteiger partial charge in [0.25, 0.3) is 0 Å². The molecule has 1 aromatic carbocycles. The fourth-order valence-corrected chi connectivity index (χ4v) is 1.48. The number of carbonyl (C=O) groups is 1. The molecule has 3 heteroatoms. The summed E-state index contributed by atoms with van der Waals surface area (Å²) in [4.78, 5) is 11.6. The predicted octanol–water partition coefficient (Wildman–Crippen LogP) is 2.35. The highest BCUT2D eigenvalue weighted by atomic mass is 16.2. The topological polar surface area (TPSA) is 41.1 Å². The number of carbonyl (C=O) groups excluding carboxylic acids is 1. The van der Waals surface area contributed by atoms with E-state index < -0.39 is 0 Å². The molecule has 1 rings (SSSR count). The van der Waals surface area contributed by atoms with E-state index in [-0.39, 0.29) is 11.9 Å². The van der Waals surface area contributed by atoms with E-state index in [0.29, 0.717) is 6.54 Å². The van der Waals surface area contributed by atoms with Gasteiger partial charge in [-0.3, -0.25) is 4.79 Å². The summed E-state index contributed by atoms with van der Waals surface area (Å²) >= 11 is 0. The molecule has 0 heterocycles. The Bertz CT molecular complexity index is 370. The van der Waals surface area contributed by atoms with Crippen molar-refractivity contribution < 1.29 is 4.79 Å². The van der Waals surface area contributed by atoms with Gasteiger partial charge in [-0.2, -0.15) is 0 Å². The van der Waals surface area contributed by atoms with Crippen LogP contribution in [0, 0.1) is 0 Å². The average molecular weight is 232 g/mol. The molecule has 1 amide bonds. The number of rotatable bonds is 6. The number of nitrogens with one attached hydrogen (secondary N) is 2. The van der Waals surface area contributed by atoms with Gasteiger partial charge < -0.3 is 10.6 Å². The zero-order valence-corrected chi connectivity index (χ0v) is 10.5. The molecule has 17 heavy (non-hydrogen) atoms. The maximum atomic E-state index is 11.6. The van der Waals surface area contributed by atoms with E-state index in [1.165, 1.54) is 5.56 Å². The molecule has 1 atom stereocenters. The third kappa shape index (κ3) is 4.31. The normalized spacial score (nSPS) is 11.6. The van der Waals surface area contributed by atoms with Crippen molar-refractivity contribution in [2.45, 2.75) is 26.3 Å². The first-order valence-electron chi connectivity index (χ1n) is 5.91. The van der Waals surface area contributed by atoms with E-state index >= 15 is 0 Å². The van der Waals surface area contributed by atoms with Gasteiger partial charge >= 0.3 is 0 Å². The lowest BCUT2D eigenvalue weighted by Crippen LogP contribution is -2.37. The molecular formula is C14H20N2O. The number of hydrogen-bond donors (Lipinski definition) is 2. The van der Waals surface area contributed by atoms with Crippen LogP contribution in [0.15, 0.2) is 36.9 Å². The van der Waals surface area contributed by atoms with Gasteiger partial charge in [0.05, 0.1) is 0 Å². The Hall–Kier alpha value is -1.77. The van der Waals surface area contributed by atoms with Crippen LogP contribution in [-0.2, 0) is 11.2 Å². The van der Waals surface area contributed by atoms with Gasteiger partial charge in [-0.1, -0.05) is 25.1 Å². The Morgan fingerprint density at radius 2 is 2.06 bits per heavy atom. The maximum absolute atomic E-state index is 11.6. The second-order valence-electron chi connectivity index (χ2n) is 3.95. The van der Waals surface area contributed by atoms with E-state index in [9.17, 15) is 4.79 Å². The second kappa shape index (κ2) is 6.74. The lowest BCUT2D eigenvalue weighted by molar-refractivity contribution is -0.121. The minimum atomic E-state index is -0.248. The van der Waals surface area contributed by atoms with Gasteiger partial charge in [0, 0.05) is 12.2 Å². The number of benzene rings is 1. The highest BCUT2D eigenvalue weighted by Gasteiger charge is 2.10. The Morgan fingerprint density at radius 1 is 1.41 bits per heavy atom. The van der Waals surface area contributed by atoms with Gasteiger partial charge in [0.1, 0.15) is 6.04 Å². The van der Waals surface area contributed by atoms with Crippen LogP contribution < -0.4 is 10.6 Å². The van der Waals surface area contributed by atoms with Gasteiger partial charge in [-0.15, -0.1) is 6.58 Å². The molecule has 0 aliphatic rings. The number of aryl methyl sites for hydroxylation is 1. The average Bonchev–Trinajstić information content (AvgIpc) is 2.36. The standard InChI is InChI=1S/C14H20N2O/c1-4-10-15-14(17)11(3)16-13-8-6-12(5-2)7-9-13/h4,6-9,11,16H,1,5,10H2,2-3H3,(H,15,17)/t11-/m1/s1. The van der Waals surface area contributed by atoms with Crippen molar-refractivity contribution in [2.75, 3.05) is 11.9 Å². The summed E-state index contributed by atoms with van der Waals surface area (Å²) in [6.45, 7) is 8.02. The van der Waals surface area contributed by atoms with Crippen LogP contribution >= 0.6 is 0 Å². The van der Waals surface area contributed by atoms with Crippen molar-refractivity contribution in [1.29, 1.82) is 0 Å². The van der Waals surface area contributed by atoms with Gasteiger partial charge in [0.15, 0.2) is 0 Å². The summed E-state index contributed by atoms with van der Waals surface area (Å²) in [6.07, 6.45) is 2.69. The van der Waals surface area contributed by atoms with E-state index in [2.05, 4.69) is 36.3 Å². The molecule has 3 nitrogen and oxygen atoms in total. The molecule has 0 aromatic heterocycles. The highest BCUT2D eigenvalue weighted by molar-refractivity contribution is 5.84. The predicted molar refractivity (Wildman–Crippen MR) is 72.1 cm³/mol. The Kier molecular flexibility index (Phi) is 5.27. The third-order valence-corrected chi connectivity index (χ3v) is 2.56. The molecule has 92 valence electrons. The molecule has 0 saturated carbocycles. The minimum absolute atomic E-state index is 0.0236. The van der Waals surface area contributed by atoms with Crippen LogP contribution in [0.4, 0.5) is 5.69 Å². The van der Waals surface area contributed by atoms with Crippen LogP contribution in [0.3, 0.4) is 0 Å². The summed E-state index contributed by atoms with van der Waals surface area (Å²) in [5, 5.41) is 5.91. The molecule has 0 aliphatic heterocycles. The Labute approximate surface area is 103 Å². The third-order valence-electron chi connectivity index (χ3n) is 2.56. The van der Waals surface area contributed by atoms with Crippen molar-refractivity contribution in [3.63, 3.8) is 0 Å². The first-order valence-corrected chi connectivity index (χ1v) is 5.91. The van der Waals surface area contributed by atoms with Crippen LogP contribution in [0.25, 0.3) is 0 Å². The molecular weight excluding hydrogens is 212 g/mol. The smallest absolute Gasteiger partial charge is 0.242 e. The Morgan fingerprint density at radius 3 is 2.59 bits per heavy atom. The van der Waals surface area contributed by atoms with Crippen molar-refractivity contribution >= 4 is 11.6 Å². The van der Waals surface area contributed by atoms with E-state index in [0.717, 1.165) is 12.1 Å². The molecule has 1 aromatic rings. The molecule has 0 spiro atoms. The molecule has 2 N–H and O–H groups in total. The van der Waals surface area contributed by atoms with Gasteiger partial charge in [-0.25, -0.2) is 0 Å². The highest BCUT2D eigenvalue weighted by Crippen LogP contribution is 2.11. The van der Waals surface area contributed by atoms with Crippen molar-refractivity contribution in [1.82, 2.24) is 5.32 Å². The summed E-state index contributed by atoms with van der Waals surface area (Å²) < 4.78 is 0. The fourth-order valence-electron chi connectivity index (χ4n) is 1.48.